The predicted octanol–water partition coefficient (Wildman–Crippen LogP) is 4.07. The molecule has 1 aliphatic rings. The Morgan fingerprint density at radius 1 is 1.27 bits per heavy atom. The van der Waals surface area contributed by atoms with E-state index in [1.807, 2.05) is 0 Å². The molecule has 3 N–H and O–H groups in total. The van der Waals surface area contributed by atoms with Crippen molar-refractivity contribution in [3.63, 3.8) is 0 Å². The lowest BCUT2D eigenvalue weighted by Gasteiger charge is -2.17. The van der Waals surface area contributed by atoms with Crippen molar-refractivity contribution >= 4 is 11.8 Å². The second kappa shape index (κ2) is 11.5. The summed E-state index contributed by atoms with van der Waals surface area (Å²) in [6.45, 7) is 4.48. The van der Waals surface area contributed by atoms with Crippen molar-refractivity contribution in [2.24, 2.45) is 17.8 Å². The van der Waals surface area contributed by atoms with E-state index < -0.39 is 11.8 Å². The summed E-state index contributed by atoms with van der Waals surface area (Å²) in [4.78, 5) is 22.8. The van der Waals surface area contributed by atoms with Crippen LogP contribution in [0.2, 0.25) is 0 Å². The first-order valence-electron chi connectivity index (χ1n) is 10.2. The Balaban J connectivity index is 2.32. The number of aliphatic hydroxyl groups is 2. The molecule has 0 saturated heterocycles. The number of carbonyl (C=O) groups excluding carboxylic acids is 1. The van der Waals surface area contributed by atoms with Crippen molar-refractivity contribution < 1.29 is 24.9 Å². The van der Waals surface area contributed by atoms with E-state index in [-0.39, 0.29) is 12.3 Å². The second-order valence-electron chi connectivity index (χ2n) is 7.91. The number of ketones is 1. The summed E-state index contributed by atoms with van der Waals surface area (Å²) in [6.07, 6.45) is 13.4. The van der Waals surface area contributed by atoms with E-state index in [9.17, 15) is 19.8 Å². The van der Waals surface area contributed by atoms with Gasteiger partial charge < -0.3 is 15.3 Å². The molecule has 3 atom stereocenters. The normalized spacial score (nSPS) is 22.2. The van der Waals surface area contributed by atoms with Crippen LogP contribution in [-0.2, 0) is 9.59 Å². The lowest BCUT2D eigenvalue weighted by molar-refractivity contribution is -0.205. The Labute approximate surface area is 157 Å². The van der Waals surface area contributed by atoms with E-state index in [0.717, 1.165) is 25.7 Å². The van der Waals surface area contributed by atoms with Gasteiger partial charge in [0.1, 0.15) is 5.78 Å². The summed E-state index contributed by atoms with van der Waals surface area (Å²) >= 11 is 0. The molecule has 0 aliphatic heterocycles. The molecule has 0 spiro atoms. The zero-order chi connectivity index (χ0) is 19.6. The number of unbranched alkanes of at least 4 members (excludes halogenated alkanes) is 3. The van der Waals surface area contributed by atoms with Crippen LogP contribution in [0.4, 0.5) is 0 Å². The van der Waals surface area contributed by atoms with Gasteiger partial charge in [0.25, 0.3) is 5.79 Å². The molecule has 0 aromatic rings. The number of rotatable bonds is 13. The van der Waals surface area contributed by atoms with Gasteiger partial charge >= 0.3 is 5.97 Å². The van der Waals surface area contributed by atoms with Gasteiger partial charge in [-0.2, -0.15) is 0 Å². The molecule has 1 fully saturated rings. The summed E-state index contributed by atoms with van der Waals surface area (Å²) in [6, 6.07) is 0. The summed E-state index contributed by atoms with van der Waals surface area (Å²) < 4.78 is 0. The number of hydrogen-bond donors (Lipinski definition) is 3. The monoisotopic (exact) mass is 368 g/mol. The van der Waals surface area contributed by atoms with Crippen molar-refractivity contribution in [1.82, 2.24) is 0 Å². The van der Waals surface area contributed by atoms with Crippen LogP contribution in [0.3, 0.4) is 0 Å². The predicted molar refractivity (Wildman–Crippen MR) is 102 cm³/mol. The third kappa shape index (κ3) is 8.00. The zero-order valence-electron chi connectivity index (χ0n) is 16.3. The number of allylic oxidation sites excluding steroid dienone is 2. The highest BCUT2D eigenvalue weighted by atomic mass is 16.5. The number of Topliss-reactive ketones (excluding diaryl/α,β-unsaturated/α-hetero) is 1. The zero-order valence-corrected chi connectivity index (χ0v) is 16.3. The van der Waals surface area contributed by atoms with Crippen molar-refractivity contribution in [3.05, 3.63) is 12.2 Å². The smallest absolute Gasteiger partial charge is 0.364 e. The molecule has 26 heavy (non-hydrogen) atoms. The van der Waals surface area contributed by atoms with Crippen LogP contribution in [0.1, 0.15) is 84.5 Å². The maximum atomic E-state index is 12.1. The summed E-state index contributed by atoms with van der Waals surface area (Å²) in [7, 11) is 0. The molecule has 1 saturated carbocycles. The molecule has 0 radical (unpaired) electrons. The minimum atomic E-state index is -2.64. The largest absolute Gasteiger partial charge is 0.477 e. The number of hydrogen-bond acceptors (Lipinski definition) is 4. The van der Waals surface area contributed by atoms with Crippen LogP contribution in [0.25, 0.3) is 0 Å². The molecular weight excluding hydrogens is 332 g/mol. The Hall–Kier alpha value is -1.20. The third-order valence-corrected chi connectivity index (χ3v) is 5.51. The summed E-state index contributed by atoms with van der Waals surface area (Å²) in [5, 5.41) is 27.2. The SMILES string of the molecule is CCCCC(C)CC=C[C@H]1CCC(=O)[C@@H]1CCCCCC(O)(O)C(=O)O. The molecule has 5 nitrogen and oxygen atoms in total. The van der Waals surface area contributed by atoms with E-state index in [1.54, 1.807) is 0 Å². The molecule has 0 aromatic heterocycles. The molecule has 1 unspecified atom stereocenters. The highest BCUT2D eigenvalue weighted by Crippen LogP contribution is 2.34. The molecule has 0 amide bonds. The summed E-state index contributed by atoms with van der Waals surface area (Å²) in [5.74, 6) is -2.82. The molecular formula is C21H36O5. The molecule has 0 heterocycles. The van der Waals surface area contributed by atoms with Crippen molar-refractivity contribution in [1.29, 1.82) is 0 Å². The minimum Gasteiger partial charge on any atom is -0.477 e. The van der Waals surface area contributed by atoms with Gasteiger partial charge in [0, 0.05) is 18.8 Å². The van der Waals surface area contributed by atoms with Crippen molar-refractivity contribution in [3.8, 4) is 0 Å². The van der Waals surface area contributed by atoms with Gasteiger partial charge in [-0.1, -0.05) is 58.1 Å². The van der Waals surface area contributed by atoms with Gasteiger partial charge in [-0.15, -0.1) is 0 Å². The molecule has 150 valence electrons. The molecule has 0 bridgehead atoms. The fraction of sp³-hybridized carbons (Fsp3) is 0.810. The van der Waals surface area contributed by atoms with E-state index in [4.69, 9.17) is 5.11 Å². The highest BCUT2D eigenvalue weighted by molar-refractivity contribution is 5.83. The van der Waals surface area contributed by atoms with E-state index >= 15 is 0 Å². The fourth-order valence-corrected chi connectivity index (χ4v) is 3.72. The number of aliphatic carboxylic acids is 1. The maximum Gasteiger partial charge on any atom is 0.364 e. The van der Waals surface area contributed by atoms with Crippen LogP contribution < -0.4 is 0 Å². The van der Waals surface area contributed by atoms with Gasteiger partial charge in [0.2, 0.25) is 0 Å². The lowest BCUT2D eigenvalue weighted by Crippen LogP contribution is -2.37. The molecule has 5 heteroatoms. The molecule has 1 aliphatic carbocycles. The average Bonchev–Trinajstić information content (AvgIpc) is 2.92. The van der Waals surface area contributed by atoms with Crippen LogP contribution >= 0.6 is 0 Å². The van der Waals surface area contributed by atoms with Crippen LogP contribution in [0, 0.1) is 17.8 Å². The Morgan fingerprint density at radius 2 is 2.00 bits per heavy atom. The topological polar surface area (TPSA) is 94.8 Å². The van der Waals surface area contributed by atoms with Gasteiger partial charge in [0.15, 0.2) is 0 Å². The van der Waals surface area contributed by atoms with Gasteiger partial charge in [-0.25, -0.2) is 4.79 Å². The highest BCUT2D eigenvalue weighted by Gasteiger charge is 2.33. The quantitative estimate of drug-likeness (QED) is 0.259. The van der Waals surface area contributed by atoms with Crippen LogP contribution in [-0.4, -0.2) is 32.9 Å². The Kier molecular flexibility index (Phi) is 10.1. The van der Waals surface area contributed by atoms with Gasteiger partial charge in [-0.3, -0.25) is 4.79 Å². The number of carbonyl (C=O) groups is 2. The summed E-state index contributed by atoms with van der Waals surface area (Å²) in [5.41, 5.74) is 0. The minimum absolute atomic E-state index is 0.0738. The standard InChI is InChI=1S/C21H36O5/c1-3-4-9-16(2)10-8-11-17-13-14-19(22)18(17)12-6-5-7-15-21(25,26)20(23)24/h8,11,16-18,25-26H,3-7,9-10,12-15H2,1-2H3,(H,23,24)/t16?,17-,18+/m0/s1. The average molecular weight is 369 g/mol. The van der Waals surface area contributed by atoms with Gasteiger partial charge in [-0.05, 0) is 37.5 Å². The van der Waals surface area contributed by atoms with E-state index in [1.165, 1.54) is 19.3 Å². The first kappa shape index (κ1) is 22.8. The Bertz CT molecular complexity index is 469. The number of carboxylic acid groups (broad SMARTS) is 1. The van der Waals surface area contributed by atoms with Crippen LogP contribution in [0.15, 0.2) is 12.2 Å². The second-order valence-corrected chi connectivity index (χ2v) is 7.91. The third-order valence-electron chi connectivity index (χ3n) is 5.51. The molecule has 1 rings (SSSR count). The first-order valence-corrected chi connectivity index (χ1v) is 10.2. The van der Waals surface area contributed by atoms with Crippen LogP contribution in [0.5, 0.6) is 0 Å². The maximum absolute atomic E-state index is 12.1. The van der Waals surface area contributed by atoms with E-state index in [2.05, 4.69) is 26.0 Å². The van der Waals surface area contributed by atoms with Crippen molar-refractivity contribution in [2.45, 2.75) is 90.3 Å². The van der Waals surface area contributed by atoms with E-state index in [0.29, 0.717) is 36.9 Å². The molecule has 0 aromatic carbocycles. The number of carboxylic acids is 1. The van der Waals surface area contributed by atoms with Crippen molar-refractivity contribution in [2.75, 3.05) is 0 Å². The lowest BCUT2D eigenvalue weighted by atomic mass is 9.89. The Morgan fingerprint density at radius 3 is 2.65 bits per heavy atom. The fourth-order valence-electron chi connectivity index (χ4n) is 3.72. The van der Waals surface area contributed by atoms with Gasteiger partial charge in [0.05, 0.1) is 0 Å². The first-order chi connectivity index (χ1) is 12.3.